The second-order valence-electron chi connectivity index (χ2n) is 5.76. The van der Waals surface area contributed by atoms with Crippen molar-refractivity contribution in [2.75, 3.05) is 6.61 Å². The van der Waals surface area contributed by atoms with Crippen LogP contribution in [0.1, 0.15) is 90.4 Å². The van der Waals surface area contributed by atoms with Crippen LogP contribution in [-0.2, 0) is 9.59 Å². The van der Waals surface area contributed by atoms with Gasteiger partial charge in [0, 0.05) is 19.4 Å². The largest absolute Gasteiger partial charge is 0.396 e. The first kappa shape index (κ1) is 24.1. The average molecular weight is 332 g/mol. The first-order chi connectivity index (χ1) is 11.1. The van der Waals surface area contributed by atoms with E-state index in [-0.39, 0.29) is 12.8 Å². The van der Waals surface area contributed by atoms with E-state index in [1.165, 1.54) is 69.7 Å². The highest BCUT2D eigenvalue weighted by molar-refractivity contribution is 5.82. The zero-order valence-corrected chi connectivity index (χ0v) is 14.7. The highest BCUT2D eigenvalue weighted by atomic mass is 16.5. The number of hydrogen-bond acceptors (Lipinski definition) is 4. The molecule has 0 fully saturated rings. The number of rotatable bonds is 14. The maximum Gasteiger partial charge on any atom is 0.243 e. The number of primary amides is 1. The van der Waals surface area contributed by atoms with E-state index in [4.69, 9.17) is 16.0 Å². The van der Waals surface area contributed by atoms with E-state index in [0.29, 0.717) is 6.61 Å². The van der Waals surface area contributed by atoms with Gasteiger partial charge in [-0.3, -0.25) is 14.8 Å². The van der Waals surface area contributed by atoms with Gasteiger partial charge < -0.3 is 10.8 Å². The first-order valence-electron chi connectivity index (χ1n) is 8.90. The van der Waals surface area contributed by atoms with Crippen molar-refractivity contribution in [2.45, 2.75) is 90.4 Å². The van der Waals surface area contributed by atoms with Crippen LogP contribution in [0.15, 0.2) is 0 Å². The van der Waals surface area contributed by atoms with Crippen molar-refractivity contribution in [1.29, 1.82) is 0 Å². The number of nitrogens with one attached hydrogen (secondary N) is 1. The summed E-state index contributed by atoms with van der Waals surface area (Å²) in [5, 5.41) is 16.5. The minimum atomic E-state index is -0.603. The van der Waals surface area contributed by atoms with Crippen LogP contribution in [0.5, 0.6) is 0 Å². The molecule has 0 aromatic rings. The number of hydrogen-bond donors (Lipinski definition) is 4. The molecule has 0 rings (SSSR count). The molecule has 5 N–H and O–H groups in total. The zero-order valence-electron chi connectivity index (χ0n) is 14.7. The summed E-state index contributed by atoms with van der Waals surface area (Å²) in [5.41, 5.74) is 6.07. The molecule has 0 radical (unpaired) electrons. The fraction of sp³-hybridized carbons (Fsp3) is 0.882. The van der Waals surface area contributed by atoms with Gasteiger partial charge in [0.2, 0.25) is 11.8 Å². The summed E-state index contributed by atoms with van der Waals surface area (Å²) >= 11 is 0. The van der Waals surface area contributed by atoms with E-state index in [1.807, 2.05) is 0 Å². The van der Waals surface area contributed by atoms with Crippen LogP contribution in [-0.4, -0.2) is 28.7 Å². The first-order valence-corrected chi connectivity index (χ1v) is 8.90. The van der Waals surface area contributed by atoms with Crippen LogP contribution in [0.3, 0.4) is 0 Å². The monoisotopic (exact) mass is 332 g/mol. The normalized spacial score (nSPS) is 9.87. The van der Waals surface area contributed by atoms with Crippen molar-refractivity contribution in [3.05, 3.63) is 0 Å². The number of hydroxylamine groups is 1. The van der Waals surface area contributed by atoms with E-state index >= 15 is 0 Å². The molecule has 0 unspecified atom stereocenters. The van der Waals surface area contributed by atoms with Crippen molar-refractivity contribution in [2.24, 2.45) is 5.73 Å². The Hall–Kier alpha value is -1.14. The Morgan fingerprint density at radius 3 is 1.61 bits per heavy atom. The van der Waals surface area contributed by atoms with Crippen molar-refractivity contribution in [1.82, 2.24) is 5.48 Å². The van der Waals surface area contributed by atoms with E-state index in [2.05, 4.69) is 6.92 Å². The third-order valence-corrected chi connectivity index (χ3v) is 3.48. The Balaban J connectivity index is 0. The van der Waals surface area contributed by atoms with Gasteiger partial charge >= 0.3 is 0 Å². The Bertz CT molecular complexity index is 261. The minimum absolute atomic E-state index is 0.0353. The highest BCUT2D eigenvalue weighted by Gasteiger charge is 2.00. The lowest BCUT2D eigenvalue weighted by atomic mass is 10.1. The molecule has 0 atom stereocenters. The van der Waals surface area contributed by atoms with Crippen molar-refractivity contribution in [3.8, 4) is 0 Å². The lowest BCUT2D eigenvalue weighted by Crippen LogP contribution is -2.21. The van der Waals surface area contributed by atoms with E-state index in [9.17, 15) is 9.59 Å². The molecule has 0 saturated heterocycles. The molecular formula is C17H36N2O4. The number of aliphatic hydroxyl groups excluding tert-OH is 1. The van der Waals surface area contributed by atoms with Crippen LogP contribution in [0.4, 0.5) is 0 Å². The van der Waals surface area contributed by atoms with Crippen LogP contribution in [0.25, 0.3) is 0 Å². The fourth-order valence-corrected chi connectivity index (χ4v) is 2.07. The predicted octanol–water partition coefficient (Wildman–Crippen LogP) is 3.05. The van der Waals surface area contributed by atoms with Gasteiger partial charge in [-0.2, -0.15) is 0 Å². The Kier molecular flexibility index (Phi) is 21.9. The summed E-state index contributed by atoms with van der Waals surface area (Å²) in [7, 11) is 0. The molecule has 2 amide bonds. The maximum absolute atomic E-state index is 10.1. The molecule has 0 aromatic carbocycles. The summed E-state index contributed by atoms with van der Waals surface area (Å²) in [6.45, 7) is 2.64. The molecule has 0 bridgehead atoms. The molecule has 0 spiro atoms. The lowest BCUT2D eigenvalue weighted by Gasteiger charge is -2.01. The smallest absolute Gasteiger partial charge is 0.243 e. The van der Waals surface area contributed by atoms with Gasteiger partial charge in [-0.05, 0) is 6.42 Å². The summed E-state index contributed by atoms with van der Waals surface area (Å²) in [4.78, 5) is 20.1. The summed E-state index contributed by atoms with van der Waals surface area (Å²) in [5.74, 6) is -1.16. The van der Waals surface area contributed by atoms with Gasteiger partial charge in [0.15, 0.2) is 0 Å². The molecule has 0 saturated carbocycles. The molecule has 23 heavy (non-hydrogen) atoms. The predicted molar refractivity (Wildman–Crippen MR) is 91.9 cm³/mol. The quantitative estimate of drug-likeness (QED) is 0.222. The zero-order chi connectivity index (χ0) is 17.8. The number of nitrogens with two attached hydrogens (primary N) is 1. The lowest BCUT2D eigenvalue weighted by molar-refractivity contribution is -0.131. The number of carbonyl (C=O) groups excluding carboxylic acids is 2. The molecule has 6 nitrogen and oxygen atoms in total. The SMILES string of the molecule is CCCCCCCCCCCCCO.NC(=O)CCC(=O)NO. The van der Waals surface area contributed by atoms with Gasteiger partial charge in [0.05, 0.1) is 0 Å². The van der Waals surface area contributed by atoms with Crippen molar-refractivity contribution >= 4 is 11.8 Å². The van der Waals surface area contributed by atoms with Crippen LogP contribution in [0, 0.1) is 0 Å². The van der Waals surface area contributed by atoms with Gasteiger partial charge in [-0.1, -0.05) is 71.1 Å². The van der Waals surface area contributed by atoms with E-state index < -0.39 is 11.8 Å². The van der Waals surface area contributed by atoms with E-state index in [1.54, 1.807) is 0 Å². The second kappa shape index (κ2) is 20.9. The third-order valence-electron chi connectivity index (χ3n) is 3.48. The summed E-state index contributed by atoms with van der Waals surface area (Å²) in [6.07, 6.45) is 14.7. The van der Waals surface area contributed by atoms with Gasteiger partial charge in [-0.15, -0.1) is 0 Å². The molecule has 0 aliphatic carbocycles. The Labute approximate surface area is 140 Å². The third kappa shape index (κ3) is 26.1. The van der Waals surface area contributed by atoms with Gasteiger partial charge in [0.1, 0.15) is 0 Å². The number of carbonyl (C=O) groups is 2. The maximum atomic E-state index is 10.1. The standard InChI is InChI=1S/C13H28O.C4H8N2O3/c1-2-3-4-5-6-7-8-9-10-11-12-13-14;5-3(7)1-2-4(8)6-9/h14H,2-13H2,1H3;9H,1-2H2,(H2,5,7)(H,6,8). The number of aliphatic hydroxyl groups is 1. The molecule has 0 aliphatic heterocycles. The Morgan fingerprint density at radius 2 is 1.26 bits per heavy atom. The molecule has 138 valence electrons. The average Bonchev–Trinajstić information content (AvgIpc) is 2.55. The second-order valence-corrected chi connectivity index (χ2v) is 5.76. The molecule has 0 aromatic heterocycles. The van der Waals surface area contributed by atoms with Crippen LogP contribution >= 0.6 is 0 Å². The van der Waals surface area contributed by atoms with Crippen LogP contribution in [0.2, 0.25) is 0 Å². The van der Waals surface area contributed by atoms with Gasteiger partial charge in [0.25, 0.3) is 0 Å². The molecule has 0 heterocycles. The fourth-order valence-electron chi connectivity index (χ4n) is 2.07. The Morgan fingerprint density at radius 1 is 0.826 bits per heavy atom. The number of amides is 2. The summed E-state index contributed by atoms with van der Waals surface area (Å²) in [6, 6.07) is 0. The molecule has 0 aliphatic rings. The van der Waals surface area contributed by atoms with Crippen molar-refractivity contribution in [3.63, 3.8) is 0 Å². The minimum Gasteiger partial charge on any atom is -0.396 e. The van der Waals surface area contributed by atoms with Crippen LogP contribution < -0.4 is 11.2 Å². The topological polar surface area (TPSA) is 113 Å². The molecular weight excluding hydrogens is 296 g/mol. The molecule has 6 heteroatoms. The highest BCUT2D eigenvalue weighted by Crippen LogP contribution is 2.10. The summed E-state index contributed by atoms with van der Waals surface area (Å²) < 4.78 is 0. The van der Waals surface area contributed by atoms with Crippen molar-refractivity contribution < 1.29 is 19.9 Å². The van der Waals surface area contributed by atoms with Gasteiger partial charge in [-0.25, -0.2) is 5.48 Å². The number of unbranched alkanes of at least 4 members (excludes halogenated alkanes) is 10. The van der Waals surface area contributed by atoms with E-state index in [0.717, 1.165) is 6.42 Å².